The Morgan fingerprint density at radius 3 is 2.76 bits per heavy atom. The SMILES string of the molecule is N#Cc1ncc(CNC(=O)c2ccc3c(c2)NC(=O)c2ccccc2S3(=O)=O)s1. The summed E-state index contributed by atoms with van der Waals surface area (Å²) >= 11 is 1.17. The Morgan fingerprint density at radius 2 is 2.00 bits per heavy atom. The Bertz CT molecular complexity index is 1310. The van der Waals surface area contributed by atoms with Gasteiger partial charge in [-0.25, -0.2) is 13.4 Å². The van der Waals surface area contributed by atoms with Crippen LogP contribution in [0.25, 0.3) is 0 Å². The van der Waals surface area contributed by atoms with Crippen molar-refractivity contribution in [2.75, 3.05) is 5.32 Å². The van der Waals surface area contributed by atoms with Crippen molar-refractivity contribution in [3.05, 3.63) is 69.7 Å². The van der Waals surface area contributed by atoms with E-state index < -0.39 is 21.7 Å². The van der Waals surface area contributed by atoms with Gasteiger partial charge in [-0.2, -0.15) is 5.26 Å². The fraction of sp³-hybridized carbons (Fsp3) is 0.0526. The fourth-order valence-electron chi connectivity index (χ4n) is 2.91. The summed E-state index contributed by atoms with van der Waals surface area (Å²) in [6, 6.07) is 11.9. The molecule has 0 spiro atoms. The number of nitrogens with one attached hydrogen (secondary N) is 2. The van der Waals surface area contributed by atoms with Gasteiger partial charge in [-0.3, -0.25) is 9.59 Å². The number of carbonyl (C=O) groups excluding carboxylic acids is 2. The smallest absolute Gasteiger partial charge is 0.257 e. The summed E-state index contributed by atoms with van der Waals surface area (Å²) in [7, 11) is -3.92. The molecule has 1 aliphatic rings. The monoisotopic (exact) mass is 424 g/mol. The molecule has 0 fully saturated rings. The number of anilines is 1. The van der Waals surface area contributed by atoms with E-state index >= 15 is 0 Å². The van der Waals surface area contributed by atoms with Gasteiger partial charge in [0, 0.05) is 16.6 Å². The number of nitrogens with zero attached hydrogens (tertiary/aromatic N) is 2. The molecule has 0 unspecified atom stereocenters. The summed E-state index contributed by atoms with van der Waals surface area (Å²) in [5, 5.41) is 14.4. The van der Waals surface area contributed by atoms with E-state index in [9.17, 15) is 18.0 Å². The molecule has 0 saturated carbocycles. The summed E-state index contributed by atoms with van der Waals surface area (Å²) in [5.41, 5.74) is 0.284. The first-order chi connectivity index (χ1) is 13.9. The van der Waals surface area contributed by atoms with Gasteiger partial charge in [0.05, 0.1) is 27.6 Å². The molecule has 29 heavy (non-hydrogen) atoms. The Kier molecular flexibility index (Phi) is 4.62. The Morgan fingerprint density at radius 1 is 1.21 bits per heavy atom. The Labute approximate surface area is 169 Å². The highest BCUT2D eigenvalue weighted by molar-refractivity contribution is 7.91. The lowest BCUT2D eigenvalue weighted by molar-refractivity contribution is 0.0949. The molecule has 2 heterocycles. The van der Waals surface area contributed by atoms with Crippen LogP contribution in [-0.2, 0) is 16.4 Å². The van der Waals surface area contributed by atoms with E-state index in [0.717, 1.165) is 0 Å². The number of hydrogen-bond acceptors (Lipinski definition) is 7. The molecule has 8 nitrogen and oxygen atoms in total. The first-order valence-corrected chi connectivity index (χ1v) is 10.6. The summed E-state index contributed by atoms with van der Waals surface area (Å²) < 4.78 is 25.9. The van der Waals surface area contributed by atoms with Crippen LogP contribution in [0.4, 0.5) is 5.69 Å². The number of carbonyl (C=O) groups is 2. The van der Waals surface area contributed by atoms with Crippen LogP contribution in [0.15, 0.2) is 58.5 Å². The number of rotatable bonds is 3. The third-order valence-corrected chi connectivity index (χ3v) is 7.05. The lowest BCUT2D eigenvalue weighted by Gasteiger charge is -2.10. The predicted octanol–water partition coefficient (Wildman–Crippen LogP) is 2.34. The van der Waals surface area contributed by atoms with Crippen molar-refractivity contribution in [3.8, 4) is 6.07 Å². The molecule has 10 heteroatoms. The van der Waals surface area contributed by atoms with Crippen molar-refractivity contribution in [2.24, 2.45) is 0 Å². The van der Waals surface area contributed by atoms with Gasteiger partial charge in [0.1, 0.15) is 6.07 Å². The van der Waals surface area contributed by atoms with Gasteiger partial charge in [0.2, 0.25) is 9.84 Å². The molecule has 1 aliphatic heterocycles. The fourth-order valence-corrected chi connectivity index (χ4v) is 5.15. The molecular weight excluding hydrogens is 412 g/mol. The highest BCUT2D eigenvalue weighted by atomic mass is 32.2. The molecule has 0 atom stereocenters. The van der Waals surface area contributed by atoms with E-state index in [1.54, 1.807) is 12.1 Å². The number of sulfone groups is 1. The van der Waals surface area contributed by atoms with E-state index in [-0.39, 0.29) is 33.2 Å². The first-order valence-electron chi connectivity index (χ1n) is 8.32. The molecule has 0 bridgehead atoms. The molecule has 0 saturated heterocycles. The van der Waals surface area contributed by atoms with Crippen LogP contribution in [0.3, 0.4) is 0 Å². The van der Waals surface area contributed by atoms with Crippen LogP contribution in [0, 0.1) is 11.3 Å². The van der Waals surface area contributed by atoms with Crippen LogP contribution >= 0.6 is 11.3 Å². The van der Waals surface area contributed by atoms with Gasteiger partial charge < -0.3 is 10.6 Å². The van der Waals surface area contributed by atoms with Crippen molar-refractivity contribution in [1.29, 1.82) is 5.26 Å². The van der Waals surface area contributed by atoms with Gasteiger partial charge >= 0.3 is 0 Å². The number of hydrogen-bond donors (Lipinski definition) is 2. The van der Waals surface area contributed by atoms with Crippen molar-refractivity contribution in [2.45, 2.75) is 16.3 Å². The minimum Gasteiger partial charge on any atom is -0.347 e. The molecule has 2 aromatic carbocycles. The topological polar surface area (TPSA) is 129 Å². The van der Waals surface area contributed by atoms with Crippen LogP contribution in [0.5, 0.6) is 0 Å². The molecule has 144 valence electrons. The molecule has 4 rings (SSSR count). The number of fused-ring (bicyclic) bond motifs is 2. The standard InChI is InChI=1S/C19H12N4O4S2/c20-8-17-21-9-12(28-17)10-22-18(24)11-5-6-16-14(7-11)23-19(25)13-3-1-2-4-15(13)29(16,26)27/h1-7,9H,10H2,(H,22,24)(H,23,25). The number of thiazole rings is 1. The van der Waals surface area contributed by atoms with E-state index in [4.69, 9.17) is 5.26 Å². The zero-order valence-electron chi connectivity index (χ0n) is 14.7. The third-order valence-electron chi connectivity index (χ3n) is 4.27. The lowest BCUT2D eigenvalue weighted by Crippen LogP contribution is -2.22. The summed E-state index contributed by atoms with van der Waals surface area (Å²) in [5.74, 6) is -1.01. The normalized spacial score (nSPS) is 14.0. The Hall–Kier alpha value is -3.55. The van der Waals surface area contributed by atoms with Crippen molar-refractivity contribution < 1.29 is 18.0 Å². The highest BCUT2D eigenvalue weighted by Crippen LogP contribution is 2.34. The zero-order chi connectivity index (χ0) is 20.6. The molecule has 2 amide bonds. The lowest BCUT2D eigenvalue weighted by atomic mass is 10.1. The maximum Gasteiger partial charge on any atom is 0.257 e. The third kappa shape index (κ3) is 3.37. The second-order valence-electron chi connectivity index (χ2n) is 6.09. The second-order valence-corrected chi connectivity index (χ2v) is 9.09. The maximum atomic E-state index is 13.0. The molecular formula is C19H12N4O4S2. The number of benzene rings is 2. The van der Waals surface area contributed by atoms with Crippen molar-refractivity contribution in [1.82, 2.24) is 10.3 Å². The molecule has 3 aromatic rings. The van der Waals surface area contributed by atoms with Crippen LogP contribution < -0.4 is 10.6 Å². The van der Waals surface area contributed by atoms with E-state index in [2.05, 4.69) is 15.6 Å². The van der Waals surface area contributed by atoms with Crippen molar-refractivity contribution >= 4 is 38.7 Å². The number of amides is 2. The van der Waals surface area contributed by atoms with Gasteiger partial charge in [0.25, 0.3) is 11.8 Å². The second kappa shape index (κ2) is 7.12. The molecule has 1 aromatic heterocycles. The highest BCUT2D eigenvalue weighted by Gasteiger charge is 2.31. The summed E-state index contributed by atoms with van der Waals surface area (Å²) in [4.78, 5) is 29.4. The van der Waals surface area contributed by atoms with Gasteiger partial charge in [-0.05, 0) is 30.3 Å². The number of aromatic nitrogens is 1. The minimum absolute atomic E-state index is 0.0448. The number of nitriles is 1. The van der Waals surface area contributed by atoms with Crippen LogP contribution in [0.1, 0.15) is 30.6 Å². The van der Waals surface area contributed by atoms with Gasteiger partial charge in [-0.1, -0.05) is 12.1 Å². The molecule has 0 aliphatic carbocycles. The Balaban J connectivity index is 1.64. The predicted molar refractivity (Wildman–Crippen MR) is 104 cm³/mol. The van der Waals surface area contributed by atoms with E-state index in [1.807, 2.05) is 6.07 Å². The van der Waals surface area contributed by atoms with Gasteiger partial charge in [-0.15, -0.1) is 11.3 Å². The average molecular weight is 424 g/mol. The maximum absolute atomic E-state index is 13.0. The summed E-state index contributed by atoms with van der Waals surface area (Å²) in [6.07, 6.45) is 1.50. The van der Waals surface area contributed by atoms with Crippen LogP contribution in [-0.4, -0.2) is 25.2 Å². The largest absolute Gasteiger partial charge is 0.347 e. The van der Waals surface area contributed by atoms with E-state index in [0.29, 0.717) is 9.88 Å². The molecule has 0 radical (unpaired) electrons. The first kappa shape index (κ1) is 18.8. The van der Waals surface area contributed by atoms with Gasteiger partial charge in [0.15, 0.2) is 5.01 Å². The zero-order valence-corrected chi connectivity index (χ0v) is 16.3. The van der Waals surface area contributed by atoms with Crippen LogP contribution in [0.2, 0.25) is 0 Å². The quantitative estimate of drug-likeness (QED) is 0.664. The molecule has 2 N–H and O–H groups in total. The minimum atomic E-state index is -3.92. The average Bonchev–Trinajstić information content (AvgIpc) is 3.17. The van der Waals surface area contributed by atoms with Crippen molar-refractivity contribution in [3.63, 3.8) is 0 Å². The van der Waals surface area contributed by atoms with E-state index in [1.165, 1.54) is 47.9 Å². The summed E-state index contributed by atoms with van der Waals surface area (Å²) in [6.45, 7) is 0.172.